The van der Waals surface area contributed by atoms with Crippen molar-refractivity contribution < 1.29 is 14.7 Å². The lowest BCUT2D eigenvalue weighted by atomic mass is 9.81. The number of nitrogens with zero attached hydrogens (tertiary/aromatic N) is 1. The molecule has 1 aromatic rings. The van der Waals surface area contributed by atoms with E-state index >= 15 is 0 Å². The Hall–Kier alpha value is -1.88. The van der Waals surface area contributed by atoms with Crippen molar-refractivity contribution in [2.45, 2.75) is 38.6 Å². The Morgan fingerprint density at radius 2 is 1.92 bits per heavy atom. The number of hydrogen-bond donors (Lipinski definition) is 2. The lowest BCUT2D eigenvalue weighted by Gasteiger charge is -2.29. The molecular formula is C19H26N2O3. The van der Waals surface area contributed by atoms with Crippen LogP contribution in [0.15, 0.2) is 24.3 Å². The number of amides is 1. The molecule has 0 saturated heterocycles. The molecule has 0 aromatic heterocycles. The lowest BCUT2D eigenvalue weighted by Crippen LogP contribution is -2.41. The van der Waals surface area contributed by atoms with Gasteiger partial charge in [-0.3, -0.25) is 14.5 Å². The highest BCUT2D eigenvalue weighted by atomic mass is 16.4. The first-order valence-electron chi connectivity index (χ1n) is 8.93. The normalized spacial score (nSPS) is 24.2. The quantitative estimate of drug-likeness (QED) is 0.867. The van der Waals surface area contributed by atoms with E-state index in [-0.39, 0.29) is 17.7 Å². The van der Waals surface area contributed by atoms with Gasteiger partial charge in [-0.2, -0.15) is 0 Å². The number of fused-ring (bicyclic) bond motifs is 1. The summed E-state index contributed by atoms with van der Waals surface area (Å²) in [6.45, 7) is 3.44. The summed E-state index contributed by atoms with van der Waals surface area (Å²) in [6, 6.07) is 8.53. The van der Waals surface area contributed by atoms with Crippen molar-refractivity contribution in [1.29, 1.82) is 0 Å². The molecule has 1 amide bonds. The number of nitrogens with one attached hydrogen (secondary N) is 1. The monoisotopic (exact) mass is 330 g/mol. The van der Waals surface area contributed by atoms with E-state index in [4.69, 9.17) is 5.11 Å². The molecule has 2 unspecified atom stereocenters. The third-order valence-electron chi connectivity index (χ3n) is 5.33. The van der Waals surface area contributed by atoms with Gasteiger partial charge in [0.25, 0.3) is 0 Å². The van der Waals surface area contributed by atoms with Gasteiger partial charge >= 0.3 is 5.97 Å². The molecular weight excluding hydrogens is 304 g/mol. The molecule has 1 aliphatic carbocycles. The molecule has 0 radical (unpaired) electrons. The number of rotatable bonds is 5. The van der Waals surface area contributed by atoms with Crippen LogP contribution in [0.25, 0.3) is 0 Å². The zero-order valence-corrected chi connectivity index (χ0v) is 14.0. The predicted molar refractivity (Wildman–Crippen MR) is 91.5 cm³/mol. The summed E-state index contributed by atoms with van der Waals surface area (Å²) in [5, 5.41) is 12.1. The average molecular weight is 330 g/mol. The van der Waals surface area contributed by atoms with Gasteiger partial charge in [0.2, 0.25) is 5.91 Å². The van der Waals surface area contributed by atoms with Crippen LogP contribution in [0.5, 0.6) is 0 Å². The summed E-state index contributed by atoms with van der Waals surface area (Å²) >= 11 is 0. The average Bonchev–Trinajstić information content (AvgIpc) is 2.61. The highest BCUT2D eigenvalue weighted by Gasteiger charge is 2.30. The van der Waals surface area contributed by atoms with Crippen molar-refractivity contribution in [2.75, 3.05) is 19.6 Å². The van der Waals surface area contributed by atoms with Crippen molar-refractivity contribution in [1.82, 2.24) is 10.2 Å². The predicted octanol–water partition coefficient (Wildman–Crippen LogP) is 2.05. The summed E-state index contributed by atoms with van der Waals surface area (Å²) < 4.78 is 0. The molecule has 2 aliphatic rings. The molecule has 2 atom stereocenters. The fraction of sp³-hybridized carbons (Fsp3) is 0.579. The van der Waals surface area contributed by atoms with E-state index in [1.165, 1.54) is 11.1 Å². The Labute approximate surface area is 143 Å². The van der Waals surface area contributed by atoms with E-state index in [1.54, 1.807) is 0 Å². The fourth-order valence-electron chi connectivity index (χ4n) is 3.88. The standard InChI is InChI=1S/C19H26N2O3/c22-18(15-6-3-7-16(12-15)19(23)24)20-9-11-21-10-8-14-4-1-2-5-17(14)13-21/h1-2,4-5,15-16H,3,6-13H2,(H,20,22)(H,23,24). The molecule has 1 aromatic carbocycles. The van der Waals surface area contributed by atoms with Crippen LogP contribution >= 0.6 is 0 Å². The van der Waals surface area contributed by atoms with E-state index < -0.39 is 5.97 Å². The third kappa shape index (κ3) is 4.15. The SMILES string of the molecule is O=C(O)C1CCCC(C(=O)NCCN2CCc3ccccc3C2)C1. The molecule has 1 aliphatic heterocycles. The Morgan fingerprint density at radius 3 is 2.71 bits per heavy atom. The molecule has 5 heteroatoms. The fourth-order valence-corrected chi connectivity index (χ4v) is 3.88. The van der Waals surface area contributed by atoms with Crippen LogP contribution in [-0.4, -0.2) is 41.5 Å². The summed E-state index contributed by atoms with van der Waals surface area (Å²) in [4.78, 5) is 25.8. The number of carboxylic acid groups (broad SMARTS) is 1. The van der Waals surface area contributed by atoms with Gasteiger partial charge in [-0.15, -0.1) is 0 Å². The maximum absolute atomic E-state index is 12.3. The minimum absolute atomic E-state index is 0.0263. The number of aliphatic carboxylic acids is 1. The van der Waals surface area contributed by atoms with Gasteiger partial charge in [0.15, 0.2) is 0 Å². The Morgan fingerprint density at radius 1 is 1.17 bits per heavy atom. The van der Waals surface area contributed by atoms with Crippen LogP contribution in [0.1, 0.15) is 36.8 Å². The van der Waals surface area contributed by atoms with Crippen molar-refractivity contribution in [3.05, 3.63) is 35.4 Å². The Kier molecular flexibility index (Phi) is 5.51. The first-order chi connectivity index (χ1) is 11.6. The van der Waals surface area contributed by atoms with Crippen molar-refractivity contribution in [2.24, 2.45) is 11.8 Å². The summed E-state index contributed by atoms with van der Waals surface area (Å²) in [5.41, 5.74) is 2.81. The van der Waals surface area contributed by atoms with Crippen LogP contribution in [-0.2, 0) is 22.6 Å². The number of carbonyl (C=O) groups excluding carboxylic acids is 1. The van der Waals surface area contributed by atoms with Gasteiger partial charge in [0.05, 0.1) is 5.92 Å². The topological polar surface area (TPSA) is 69.6 Å². The largest absolute Gasteiger partial charge is 0.481 e. The van der Waals surface area contributed by atoms with Gasteiger partial charge in [-0.05, 0) is 36.8 Å². The van der Waals surface area contributed by atoms with Crippen LogP contribution in [0.2, 0.25) is 0 Å². The number of carbonyl (C=O) groups is 2. The van der Waals surface area contributed by atoms with E-state index in [0.29, 0.717) is 19.4 Å². The van der Waals surface area contributed by atoms with Crippen LogP contribution in [0, 0.1) is 11.8 Å². The first kappa shape index (κ1) is 17.0. The van der Waals surface area contributed by atoms with Gasteiger partial charge in [-0.25, -0.2) is 0 Å². The van der Waals surface area contributed by atoms with E-state index in [9.17, 15) is 9.59 Å². The maximum atomic E-state index is 12.3. The molecule has 3 rings (SSSR count). The van der Waals surface area contributed by atoms with Gasteiger partial charge in [0.1, 0.15) is 0 Å². The van der Waals surface area contributed by atoms with Gasteiger partial charge in [0, 0.05) is 32.1 Å². The third-order valence-corrected chi connectivity index (χ3v) is 5.33. The summed E-state index contributed by atoms with van der Waals surface area (Å²) in [5.74, 6) is -1.23. The minimum Gasteiger partial charge on any atom is -0.481 e. The highest BCUT2D eigenvalue weighted by molar-refractivity contribution is 5.80. The first-order valence-corrected chi connectivity index (χ1v) is 8.93. The molecule has 130 valence electrons. The molecule has 5 nitrogen and oxygen atoms in total. The zero-order chi connectivity index (χ0) is 16.9. The van der Waals surface area contributed by atoms with Crippen LogP contribution < -0.4 is 5.32 Å². The second-order valence-electron chi connectivity index (χ2n) is 6.98. The highest BCUT2D eigenvalue weighted by Crippen LogP contribution is 2.29. The molecule has 2 N–H and O–H groups in total. The smallest absolute Gasteiger partial charge is 0.306 e. The molecule has 1 saturated carbocycles. The van der Waals surface area contributed by atoms with E-state index in [2.05, 4.69) is 34.5 Å². The number of hydrogen-bond acceptors (Lipinski definition) is 3. The molecule has 1 heterocycles. The molecule has 1 fully saturated rings. The zero-order valence-electron chi connectivity index (χ0n) is 14.0. The van der Waals surface area contributed by atoms with Crippen molar-refractivity contribution in [3.8, 4) is 0 Å². The number of benzene rings is 1. The summed E-state index contributed by atoms with van der Waals surface area (Å²) in [7, 11) is 0. The van der Waals surface area contributed by atoms with Gasteiger partial charge < -0.3 is 10.4 Å². The van der Waals surface area contributed by atoms with Crippen molar-refractivity contribution in [3.63, 3.8) is 0 Å². The molecule has 24 heavy (non-hydrogen) atoms. The van der Waals surface area contributed by atoms with Crippen LogP contribution in [0.3, 0.4) is 0 Å². The van der Waals surface area contributed by atoms with Crippen molar-refractivity contribution >= 4 is 11.9 Å². The summed E-state index contributed by atoms with van der Waals surface area (Å²) in [6.07, 6.45) is 3.89. The van der Waals surface area contributed by atoms with E-state index in [1.807, 2.05) is 0 Å². The van der Waals surface area contributed by atoms with E-state index in [0.717, 1.165) is 38.9 Å². The van der Waals surface area contributed by atoms with Gasteiger partial charge in [-0.1, -0.05) is 30.7 Å². The second-order valence-corrected chi connectivity index (χ2v) is 6.98. The molecule has 0 spiro atoms. The molecule has 0 bridgehead atoms. The second kappa shape index (κ2) is 7.79. The number of carboxylic acids is 1. The maximum Gasteiger partial charge on any atom is 0.306 e. The lowest BCUT2D eigenvalue weighted by molar-refractivity contribution is -0.144. The Bertz CT molecular complexity index is 602. The Balaban J connectivity index is 1.42. The van der Waals surface area contributed by atoms with Crippen LogP contribution in [0.4, 0.5) is 0 Å². The minimum atomic E-state index is -0.764.